The van der Waals surface area contributed by atoms with E-state index >= 15 is 0 Å². The van der Waals surface area contributed by atoms with Gasteiger partial charge in [0.25, 0.3) is 0 Å². The summed E-state index contributed by atoms with van der Waals surface area (Å²) in [5, 5.41) is 10.6. The first-order valence-electron chi connectivity index (χ1n) is 8.56. The Morgan fingerprint density at radius 2 is 1.65 bits per heavy atom. The van der Waals surface area contributed by atoms with E-state index in [1.165, 1.54) is 56.9 Å². The van der Waals surface area contributed by atoms with Crippen molar-refractivity contribution < 1.29 is 5.11 Å². The third-order valence-electron chi connectivity index (χ3n) is 5.77. The van der Waals surface area contributed by atoms with Crippen molar-refractivity contribution in [3.05, 3.63) is 35.4 Å². The van der Waals surface area contributed by atoms with Crippen molar-refractivity contribution in [2.75, 3.05) is 0 Å². The van der Waals surface area contributed by atoms with Gasteiger partial charge in [-0.25, -0.2) is 0 Å². The molecule has 1 aromatic carbocycles. The number of aliphatic hydroxyl groups excluding tert-OH is 1. The van der Waals surface area contributed by atoms with Crippen LogP contribution in [-0.2, 0) is 0 Å². The monoisotopic (exact) mass is 272 g/mol. The average molecular weight is 272 g/mol. The third kappa shape index (κ3) is 2.93. The van der Waals surface area contributed by atoms with Crippen LogP contribution in [-0.4, -0.2) is 5.11 Å². The van der Waals surface area contributed by atoms with Gasteiger partial charge in [-0.3, -0.25) is 0 Å². The Morgan fingerprint density at radius 3 is 2.15 bits per heavy atom. The molecule has 2 saturated carbocycles. The average Bonchev–Trinajstić information content (AvgIpc) is 2.46. The van der Waals surface area contributed by atoms with Gasteiger partial charge in [0.15, 0.2) is 0 Å². The van der Waals surface area contributed by atoms with Crippen molar-refractivity contribution >= 4 is 0 Å². The molecule has 1 atom stereocenters. The summed E-state index contributed by atoms with van der Waals surface area (Å²) in [6.45, 7) is 2.29. The highest BCUT2D eigenvalue weighted by molar-refractivity contribution is 5.28. The molecule has 1 heteroatoms. The predicted molar refractivity (Wildman–Crippen MR) is 83.7 cm³/mol. The van der Waals surface area contributed by atoms with Gasteiger partial charge in [-0.1, -0.05) is 56.9 Å². The van der Waals surface area contributed by atoms with Crippen LogP contribution in [0.2, 0.25) is 0 Å². The fourth-order valence-corrected chi connectivity index (χ4v) is 3.89. The van der Waals surface area contributed by atoms with Crippen LogP contribution >= 0.6 is 0 Å². The molecule has 3 rings (SSSR count). The minimum atomic E-state index is -0.247. The maximum Gasteiger partial charge on any atom is 0.0818 e. The highest BCUT2D eigenvalue weighted by atomic mass is 16.3. The van der Waals surface area contributed by atoms with E-state index < -0.39 is 0 Å². The summed E-state index contributed by atoms with van der Waals surface area (Å²) >= 11 is 0. The first-order chi connectivity index (χ1) is 9.78. The first kappa shape index (κ1) is 14.1. The summed E-state index contributed by atoms with van der Waals surface area (Å²) in [4.78, 5) is 0. The number of hydrogen-bond acceptors (Lipinski definition) is 1. The van der Waals surface area contributed by atoms with Gasteiger partial charge in [-0.15, -0.1) is 0 Å². The molecule has 1 nitrogen and oxygen atoms in total. The second-order valence-electron chi connectivity index (χ2n) is 6.93. The Bertz CT molecular complexity index is 410. The standard InChI is InChI=1S/C19H28O/c1-2-14-6-8-17(9-7-14)19(20)18-12-10-16(11-13-18)15-4-3-5-15/h10-15,17,19-20H,2-9H2,1H3. The summed E-state index contributed by atoms with van der Waals surface area (Å²) in [5.74, 6) is 2.17. The van der Waals surface area contributed by atoms with Crippen molar-refractivity contribution in [3.8, 4) is 0 Å². The SMILES string of the molecule is CCC1CCC(C(O)c2ccc(C3CCC3)cc2)CC1. The molecule has 0 aromatic heterocycles. The Kier molecular flexibility index (Phi) is 4.45. The lowest BCUT2D eigenvalue weighted by Gasteiger charge is -2.31. The molecule has 0 bridgehead atoms. The van der Waals surface area contributed by atoms with Gasteiger partial charge < -0.3 is 5.11 Å². The molecule has 110 valence electrons. The molecule has 0 aliphatic heterocycles. The summed E-state index contributed by atoms with van der Waals surface area (Å²) < 4.78 is 0. The summed E-state index contributed by atoms with van der Waals surface area (Å²) in [5.41, 5.74) is 2.61. The van der Waals surface area contributed by atoms with Gasteiger partial charge >= 0.3 is 0 Å². The molecule has 0 amide bonds. The molecule has 1 unspecified atom stereocenters. The van der Waals surface area contributed by atoms with Crippen LogP contribution < -0.4 is 0 Å². The highest BCUT2D eigenvalue weighted by Crippen LogP contribution is 2.39. The van der Waals surface area contributed by atoms with Crippen LogP contribution in [0.3, 0.4) is 0 Å². The Balaban J connectivity index is 1.60. The fraction of sp³-hybridized carbons (Fsp3) is 0.684. The van der Waals surface area contributed by atoms with E-state index in [0.29, 0.717) is 5.92 Å². The van der Waals surface area contributed by atoms with Crippen molar-refractivity contribution in [2.45, 2.75) is 70.3 Å². The van der Waals surface area contributed by atoms with Gasteiger partial charge in [-0.2, -0.15) is 0 Å². The van der Waals surface area contributed by atoms with E-state index in [-0.39, 0.29) is 6.10 Å². The Morgan fingerprint density at radius 1 is 1.00 bits per heavy atom. The zero-order chi connectivity index (χ0) is 13.9. The third-order valence-corrected chi connectivity index (χ3v) is 5.77. The zero-order valence-electron chi connectivity index (χ0n) is 12.7. The van der Waals surface area contributed by atoms with Crippen LogP contribution in [0, 0.1) is 11.8 Å². The molecular formula is C19H28O. The molecule has 2 aliphatic carbocycles. The van der Waals surface area contributed by atoms with E-state index in [9.17, 15) is 5.11 Å². The van der Waals surface area contributed by atoms with E-state index in [4.69, 9.17) is 0 Å². The number of aliphatic hydroxyl groups is 1. The molecule has 2 fully saturated rings. The predicted octanol–water partition coefficient (Wildman–Crippen LogP) is 5.20. The van der Waals surface area contributed by atoms with Gasteiger partial charge in [0.2, 0.25) is 0 Å². The molecule has 20 heavy (non-hydrogen) atoms. The largest absolute Gasteiger partial charge is 0.388 e. The van der Waals surface area contributed by atoms with Crippen LogP contribution in [0.4, 0.5) is 0 Å². The molecule has 1 N–H and O–H groups in total. The normalized spacial score (nSPS) is 28.9. The zero-order valence-corrected chi connectivity index (χ0v) is 12.7. The number of benzene rings is 1. The molecular weight excluding hydrogens is 244 g/mol. The smallest absolute Gasteiger partial charge is 0.0818 e. The van der Waals surface area contributed by atoms with Crippen LogP contribution in [0.1, 0.15) is 81.4 Å². The van der Waals surface area contributed by atoms with Crippen LogP contribution in [0.5, 0.6) is 0 Å². The maximum atomic E-state index is 10.6. The van der Waals surface area contributed by atoms with Crippen molar-refractivity contribution in [3.63, 3.8) is 0 Å². The number of rotatable bonds is 4. The van der Waals surface area contributed by atoms with Gasteiger partial charge in [-0.05, 0) is 54.6 Å². The molecule has 0 saturated heterocycles. The Labute approximate surface area is 123 Å². The van der Waals surface area contributed by atoms with Crippen molar-refractivity contribution in [2.24, 2.45) is 11.8 Å². The van der Waals surface area contributed by atoms with E-state index in [1.54, 1.807) is 0 Å². The molecule has 0 radical (unpaired) electrons. The van der Waals surface area contributed by atoms with Crippen LogP contribution in [0.25, 0.3) is 0 Å². The van der Waals surface area contributed by atoms with E-state index in [0.717, 1.165) is 17.4 Å². The number of hydrogen-bond donors (Lipinski definition) is 1. The Hall–Kier alpha value is -0.820. The minimum Gasteiger partial charge on any atom is -0.388 e. The van der Waals surface area contributed by atoms with Gasteiger partial charge in [0, 0.05) is 0 Å². The van der Waals surface area contributed by atoms with E-state index in [2.05, 4.69) is 31.2 Å². The van der Waals surface area contributed by atoms with E-state index in [1.807, 2.05) is 0 Å². The summed E-state index contributed by atoms with van der Waals surface area (Å²) in [6, 6.07) is 8.84. The topological polar surface area (TPSA) is 20.2 Å². The molecule has 2 aliphatic rings. The molecule has 0 spiro atoms. The quantitative estimate of drug-likeness (QED) is 0.798. The molecule has 0 heterocycles. The highest BCUT2D eigenvalue weighted by Gasteiger charge is 2.27. The summed E-state index contributed by atoms with van der Waals surface area (Å²) in [7, 11) is 0. The molecule has 1 aromatic rings. The van der Waals surface area contributed by atoms with Gasteiger partial charge in [0.05, 0.1) is 6.10 Å². The second-order valence-corrected chi connectivity index (χ2v) is 6.93. The second kappa shape index (κ2) is 6.30. The van der Waals surface area contributed by atoms with Crippen molar-refractivity contribution in [1.29, 1.82) is 0 Å². The fourth-order valence-electron chi connectivity index (χ4n) is 3.89. The lowest BCUT2D eigenvalue weighted by molar-refractivity contribution is 0.0729. The first-order valence-corrected chi connectivity index (χ1v) is 8.56. The van der Waals surface area contributed by atoms with Crippen LogP contribution in [0.15, 0.2) is 24.3 Å². The maximum absolute atomic E-state index is 10.6. The van der Waals surface area contributed by atoms with Gasteiger partial charge in [0.1, 0.15) is 0 Å². The lowest BCUT2D eigenvalue weighted by atomic mass is 9.76. The minimum absolute atomic E-state index is 0.247. The lowest BCUT2D eigenvalue weighted by Crippen LogP contribution is -2.20. The summed E-state index contributed by atoms with van der Waals surface area (Å²) in [6.07, 6.45) is 10.1. The van der Waals surface area contributed by atoms with Crippen molar-refractivity contribution in [1.82, 2.24) is 0 Å².